The van der Waals surface area contributed by atoms with E-state index >= 15 is 0 Å². The molecule has 138 valence electrons. The molecule has 1 atom stereocenters. The fourth-order valence-electron chi connectivity index (χ4n) is 3.27. The van der Waals surface area contributed by atoms with E-state index in [2.05, 4.69) is 36.6 Å². The lowest BCUT2D eigenvalue weighted by atomic mass is 10.0. The highest BCUT2D eigenvalue weighted by molar-refractivity contribution is 7.14. The number of rotatable bonds is 5. The van der Waals surface area contributed by atoms with Gasteiger partial charge in [-0.25, -0.2) is 9.99 Å². The van der Waals surface area contributed by atoms with Crippen LogP contribution < -0.4 is 14.5 Å². The number of aromatic nitrogens is 1. The van der Waals surface area contributed by atoms with Crippen LogP contribution in [0.4, 0.5) is 5.13 Å². The Balaban J connectivity index is 1.66. The second-order valence-electron chi connectivity index (χ2n) is 6.40. The lowest BCUT2D eigenvalue weighted by molar-refractivity contribution is 0.355. The Bertz CT molecular complexity index is 969. The molecule has 27 heavy (non-hydrogen) atoms. The molecule has 0 saturated heterocycles. The predicted octanol–water partition coefficient (Wildman–Crippen LogP) is 5.15. The third-order valence-electron chi connectivity index (χ3n) is 4.61. The predicted molar refractivity (Wildman–Crippen MR) is 110 cm³/mol. The van der Waals surface area contributed by atoms with E-state index in [0.29, 0.717) is 11.5 Å². The first-order valence-corrected chi connectivity index (χ1v) is 9.63. The molecule has 0 spiro atoms. The molecule has 0 radical (unpaired) electrons. The van der Waals surface area contributed by atoms with Crippen LogP contribution in [0.2, 0.25) is 0 Å². The van der Waals surface area contributed by atoms with E-state index in [1.165, 1.54) is 5.56 Å². The van der Waals surface area contributed by atoms with E-state index in [1.54, 1.807) is 25.6 Å². The first-order chi connectivity index (χ1) is 13.2. The van der Waals surface area contributed by atoms with Crippen LogP contribution in [0.5, 0.6) is 11.5 Å². The van der Waals surface area contributed by atoms with Gasteiger partial charge in [-0.15, -0.1) is 11.3 Å². The first kappa shape index (κ1) is 17.5. The SMILES string of the molecule is COc1ccc(-c2csc(N3N=C(C)C[C@H]3c3ccccc3)n2)cc1OC. The van der Waals surface area contributed by atoms with E-state index in [4.69, 9.17) is 19.6 Å². The molecule has 0 bridgehead atoms. The summed E-state index contributed by atoms with van der Waals surface area (Å²) < 4.78 is 10.7. The summed E-state index contributed by atoms with van der Waals surface area (Å²) in [5.41, 5.74) is 4.27. The molecule has 4 rings (SSSR count). The standard InChI is InChI=1S/C21H21N3O2S/c1-14-11-18(15-7-5-4-6-8-15)24(23-14)21-22-17(13-27-21)16-9-10-19(25-2)20(12-16)26-3/h4-10,12-13,18H,11H2,1-3H3/t18-/m0/s1. The highest BCUT2D eigenvalue weighted by atomic mass is 32.1. The molecule has 2 heterocycles. The number of anilines is 1. The second-order valence-corrected chi connectivity index (χ2v) is 7.23. The lowest BCUT2D eigenvalue weighted by Gasteiger charge is -2.21. The van der Waals surface area contributed by atoms with Crippen molar-refractivity contribution in [2.75, 3.05) is 19.2 Å². The summed E-state index contributed by atoms with van der Waals surface area (Å²) in [6.45, 7) is 2.07. The molecule has 0 N–H and O–H groups in total. The topological polar surface area (TPSA) is 47.0 Å². The minimum absolute atomic E-state index is 0.190. The number of hydrazone groups is 1. The van der Waals surface area contributed by atoms with E-state index in [1.807, 2.05) is 29.3 Å². The van der Waals surface area contributed by atoms with Crippen molar-refractivity contribution in [2.45, 2.75) is 19.4 Å². The summed E-state index contributed by atoms with van der Waals surface area (Å²) in [4.78, 5) is 4.84. The quantitative estimate of drug-likeness (QED) is 0.615. The Morgan fingerprint density at radius 1 is 1.04 bits per heavy atom. The van der Waals surface area contributed by atoms with Crippen molar-refractivity contribution in [2.24, 2.45) is 5.10 Å². The van der Waals surface area contributed by atoms with Crippen molar-refractivity contribution < 1.29 is 9.47 Å². The Labute approximate surface area is 162 Å². The van der Waals surface area contributed by atoms with Crippen LogP contribution >= 0.6 is 11.3 Å². The van der Waals surface area contributed by atoms with Gasteiger partial charge < -0.3 is 9.47 Å². The average Bonchev–Trinajstić information content (AvgIpc) is 3.35. The van der Waals surface area contributed by atoms with Gasteiger partial charge >= 0.3 is 0 Å². The van der Waals surface area contributed by atoms with Crippen molar-refractivity contribution >= 4 is 22.2 Å². The highest BCUT2D eigenvalue weighted by Gasteiger charge is 2.29. The minimum Gasteiger partial charge on any atom is -0.493 e. The van der Waals surface area contributed by atoms with Crippen molar-refractivity contribution in [3.05, 3.63) is 59.5 Å². The maximum Gasteiger partial charge on any atom is 0.207 e. The van der Waals surface area contributed by atoms with Crippen LogP contribution in [0, 0.1) is 0 Å². The number of ether oxygens (including phenoxy) is 2. The fraction of sp³-hybridized carbons (Fsp3) is 0.238. The third kappa shape index (κ3) is 3.40. The normalized spacial score (nSPS) is 16.3. The summed E-state index contributed by atoms with van der Waals surface area (Å²) in [7, 11) is 3.27. The smallest absolute Gasteiger partial charge is 0.207 e. The lowest BCUT2D eigenvalue weighted by Crippen LogP contribution is -2.18. The minimum atomic E-state index is 0.190. The van der Waals surface area contributed by atoms with E-state index in [9.17, 15) is 0 Å². The number of nitrogens with zero attached hydrogens (tertiary/aromatic N) is 3. The van der Waals surface area contributed by atoms with Gasteiger partial charge in [0.25, 0.3) is 0 Å². The molecule has 0 fully saturated rings. The summed E-state index contributed by atoms with van der Waals surface area (Å²) in [5, 5.41) is 9.73. The first-order valence-electron chi connectivity index (χ1n) is 8.76. The van der Waals surface area contributed by atoms with Gasteiger partial charge in [-0.3, -0.25) is 0 Å². The van der Waals surface area contributed by atoms with Gasteiger partial charge in [0.15, 0.2) is 11.5 Å². The molecule has 0 unspecified atom stereocenters. The molecule has 2 aromatic carbocycles. The van der Waals surface area contributed by atoms with Gasteiger partial charge in [-0.2, -0.15) is 5.10 Å². The Kier molecular flexibility index (Phi) is 4.81. The molecule has 0 amide bonds. The van der Waals surface area contributed by atoms with Crippen molar-refractivity contribution in [3.63, 3.8) is 0 Å². The van der Waals surface area contributed by atoms with Gasteiger partial charge in [0, 0.05) is 23.1 Å². The van der Waals surface area contributed by atoms with Crippen LogP contribution in [0.1, 0.15) is 24.9 Å². The summed E-state index contributed by atoms with van der Waals surface area (Å²) >= 11 is 1.60. The van der Waals surface area contributed by atoms with E-state index < -0.39 is 0 Å². The molecular weight excluding hydrogens is 358 g/mol. The largest absolute Gasteiger partial charge is 0.493 e. The zero-order chi connectivity index (χ0) is 18.8. The Hall–Kier alpha value is -2.86. The molecule has 0 saturated carbocycles. The van der Waals surface area contributed by atoms with Crippen LogP contribution in [0.25, 0.3) is 11.3 Å². The van der Waals surface area contributed by atoms with Gasteiger partial charge in [-0.05, 0) is 30.7 Å². The summed E-state index contributed by atoms with van der Waals surface area (Å²) in [5.74, 6) is 1.40. The van der Waals surface area contributed by atoms with Gasteiger partial charge in [0.1, 0.15) is 0 Å². The van der Waals surface area contributed by atoms with Gasteiger partial charge in [0.05, 0.1) is 26.0 Å². The Morgan fingerprint density at radius 3 is 2.56 bits per heavy atom. The van der Waals surface area contributed by atoms with Gasteiger partial charge in [-0.1, -0.05) is 30.3 Å². The molecule has 0 aliphatic carbocycles. The number of hydrogen-bond donors (Lipinski definition) is 0. The molecule has 1 aromatic heterocycles. The molecule has 5 nitrogen and oxygen atoms in total. The maximum atomic E-state index is 5.41. The maximum absolute atomic E-state index is 5.41. The summed E-state index contributed by atoms with van der Waals surface area (Å²) in [6, 6.07) is 16.5. The average molecular weight is 379 g/mol. The highest BCUT2D eigenvalue weighted by Crippen LogP contribution is 2.39. The third-order valence-corrected chi connectivity index (χ3v) is 5.44. The zero-order valence-electron chi connectivity index (χ0n) is 15.5. The van der Waals surface area contributed by atoms with Crippen molar-refractivity contribution in [3.8, 4) is 22.8 Å². The molecule has 1 aliphatic rings. The van der Waals surface area contributed by atoms with Crippen molar-refractivity contribution in [1.29, 1.82) is 0 Å². The summed E-state index contributed by atoms with van der Waals surface area (Å²) in [6.07, 6.45) is 0.912. The van der Waals surface area contributed by atoms with E-state index in [-0.39, 0.29) is 6.04 Å². The number of methoxy groups -OCH3 is 2. The number of thiazole rings is 1. The van der Waals surface area contributed by atoms with Crippen LogP contribution in [0.15, 0.2) is 59.0 Å². The molecule has 1 aliphatic heterocycles. The number of hydrogen-bond acceptors (Lipinski definition) is 6. The monoisotopic (exact) mass is 379 g/mol. The molecule has 3 aromatic rings. The second kappa shape index (κ2) is 7.40. The Morgan fingerprint density at radius 2 is 1.81 bits per heavy atom. The number of benzene rings is 2. The fourth-order valence-corrected chi connectivity index (χ4v) is 4.10. The molecule has 6 heteroatoms. The van der Waals surface area contributed by atoms with Gasteiger partial charge in [0.2, 0.25) is 5.13 Å². The zero-order valence-corrected chi connectivity index (χ0v) is 16.4. The van der Waals surface area contributed by atoms with Crippen LogP contribution in [-0.2, 0) is 0 Å². The molecular formula is C21H21N3O2S. The van der Waals surface area contributed by atoms with Crippen LogP contribution in [-0.4, -0.2) is 24.9 Å². The van der Waals surface area contributed by atoms with E-state index in [0.717, 1.165) is 28.5 Å². The van der Waals surface area contributed by atoms with Crippen molar-refractivity contribution in [1.82, 2.24) is 4.98 Å². The van der Waals surface area contributed by atoms with Crippen LogP contribution in [0.3, 0.4) is 0 Å².